The first-order chi connectivity index (χ1) is 10.2. The topological polar surface area (TPSA) is 67.7 Å². The van der Waals surface area contributed by atoms with Crippen LogP contribution in [0.25, 0.3) is 0 Å². The van der Waals surface area contributed by atoms with Crippen LogP contribution in [0.4, 0.5) is 11.6 Å². The van der Waals surface area contributed by atoms with Crippen LogP contribution >= 0.6 is 0 Å². The minimum Gasteiger partial charge on any atom is -0.370 e. The Morgan fingerprint density at radius 3 is 2.38 bits per heavy atom. The van der Waals surface area contributed by atoms with E-state index in [2.05, 4.69) is 52.7 Å². The van der Waals surface area contributed by atoms with Crippen molar-refractivity contribution in [2.24, 2.45) is 7.05 Å². The van der Waals surface area contributed by atoms with E-state index in [1.165, 1.54) is 5.56 Å². The van der Waals surface area contributed by atoms with E-state index in [-0.39, 0.29) is 0 Å². The molecule has 2 rings (SSSR count). The minimum atomic E-state index is 0.729. The van der Waals surface area contributed by atoms with E-state index in [1.54, 1.807) is 6.33 Å². The van der Waals surface area contributed by atoms with Crippen LogP contribution in [0.3, 0.4) is 0 Å². The SMILES string of the molecule is CCNc1ncnc(NCc2cn(C)nc2CC)c1CC. The van der Waals surface area contributed by atoms with Crippen molar-refractivity contribution in [2.45, 2.75) is 40.2 Å². The predicted octanol–water partition coefficient (Wildman–Crippen LogP) is 2.38. The van der Waals surface area contributed by atoms with E-state index in [9.17, 15) is 0 Å². The summed E-state index contributed by atoms with van der Waals surface area (Å²) >= 11 is 0. The molecule has 0 fully saturated rings. The van der Waals surface area contributed by atoms with Gasteiger partial charge in [-0.3, -0.25) is 4.68 Å². The van der Waals surface area contributed by atoms with Crippen LogP contribution < -0.4 is 10.6 Å². The monoisotopic (exact) mass is 288 g/mol. The average molecular weight is 288 g/mol. The van der Waals surface area contributed by atoms with Crippen molar-refractivity contribution in [1.82, 2.24) is 19.7 Å². The lowest BCUT2D eigenvalue weighted by Crippen LogP contribution is -2.10. The molecule has 0 radical (unpaired) electrons. The molecule has 0 amide bonds. The molecule has 0 aliphatic carbocycles. The van der Waals surface area contributed by atoms with Gasteiger partial charge in [0.2, 0.25) is 0 Å². The van der Waals surface area contributed by atoms with E-state index >= 15 is 0 Å². The van der Waals surface area contributed by atoms with Crippen LogP contribution in [0.1, 0.15) is 37.6 Å². The van der Waals surface area contributed by atoms with Crippen LogP contribution in [-0.4, -0.2) is 26.3 Å². The summed E-state index contributed by atoms with van der Waals surface area (Å²) in [5, 5.41) is 11.2. The van der Waals surface area contributed by atoms with E-state index in [4.69, 9.17) is 0 Å². The van der Waals surface area contributed by atoms with Gasteiger partial charge in [-0.1, -0.05) is 13.8 Å². The molecule has 114 valence electrons. The molecule has 0 aliphatic rings. The number of aromatic nitrogens is 4. The highest BCUT2D eigenvalue weighted by Gasteiger charge is 2.11. The maximum absolute atomic E-state index is 4.46. The molecule has 2 N–H and O–H groups in total. The number of nitrogens with one attached hydrogen (secondary N) is 2. The summed E-state index contributed by atoms with van der Waals surface area (Å²) in [6, 6.07) is 0. The van der Waals surface area contributed by atoms with Gasteiger partial charge in [-0.25, -0.2) is 9.97 Å². The molecule has 0 aliphatic heterocycles. The van der Waals surface area contributed by atoms with Crippen molar-refractivity contribution in [3.63, 3.8) is 0 Å². The summed E-state index contributed by atoms with van der Waals surface area (Å²) in [4.78, 5) is 8.69. The van der Waals surface area contributed by atoms with Gasteiger partial charge in [0.1, 0.15) is 18.0 Å². The van der Waals surface area contributed by atoms with Gasteiger partial charge in [0.15, 0.2) is 0 Å². The van der Waals surface area contributed by atoms with Crippen LogP contribution in [-0.2, 0) is 26.4 Å². The van der Waals surface area contributed by atoms with Crippen LogP contribution in [0.2, 0.25) is 0 Å². The van der Waals surface area contributed by atoms with E-state index in [0.29, 0.717) is 0 Å². The zero-order chi connectivity index (χ0) is 15.2. The second kappa shape index (κ2) is 7.06. The fourth-order valence-electron chi connectivity index (χ4n) is 2.43. The summed E-state index contributed by atoms with van der Waals surface area (Å²) in [5.74, 6) is 1.81. The Morgan fingerprint density at radius 2 is 1.76 bits per heavy atom. The predicted molar refractivity (Wildman–Crippen MR) is 85.5 cm³/mol. The van der Waals surface area contributed by atoms with E-state index < -0.39 is 0 Å². The lowest BCUT2D eigenvalue weighted by Gasteiger charge is -2.13. The second-order valence-corrected chi connectivity index (χ2v) is 4.92. The fraction of sp³-hybridized carbons (Fsp3) is 0.533. The standard InChI is InChI=1S/C15H24N6/c1-5-12-14(16-7-3)18-10-19-15(12)17-8-11-9-21(4)20-13(11)6-2/h9-10H,5-8H2,1-4H3,(H2,16,17,18,19). The Morgan fingerprint density at radius 1 is 1.05 bits per heavy atom. The summed E-state index contributed by atoms with van der Waals surface area (Å²) in [6.45, 7) is 7.89. The molecule has 0 unspecified atom stereocenters. The molecule has 2 aromatic rings. The third-order valence-electron chi connectivity index (χ3n) is 3.42. The largest absolute Gasteiger partial charge is 0.370 e. The molecule has 0 saturated carbocycles. The van der Waals surface area contributed by atoms with Crippen molar-refractivity contribution in [3.05, 3.63) is 29.3 Å². The molecule has 6 nitrogen and oxygen atoms in total. The van der Waals surface area contributed by atoms with Gasteiger partial charge in [0, 0.05) is 37.5 Å². The summed E-state index contributed by atoms with van der Waals surface area (Å²) in [5.41, 5.74) is 3.47. The van der Waals surface area contributed by atoms with Crippen LogP contribution in [0.15, 0.2) is 12.5 Å². The first-order valence-electron chi connectivity index (χ1n) is 7.52. The second-order valence-electron chi connectivity index (χ2n) is 4.92. The van der Waals surface area contributed by atoms with Gasteiger partial charge >= 0.3 is 0 Å². The molecule has 2 heterocycles. The highest BCUT2D eigenvalue weighted by molar-refractivity contribution is 5.57. The first-order valence-corrected chi connectivity index (χ1v) is 7.52. The van der Waals surface area contributed by atoms with Gasteiger partial charge in [0.25, 0.3) is 0 Å². The molecule has 0 spiro atoms. The maximum Gasteiger partial charge on any atom is 0.134 e. The Kier molecular flexibility index (Phi) is 5.14. The number of hydrogen-bond donors (Lipinski definition) is 2. The molecule has 0 atom stereocenters. The lowest BCUT2D eigenvalue weighted by molar-refractivity contribution is 0.746. The Balaban J connectivity index is 2.17. The van der Waals surface area contributed by atoms with Crippen molar-refractivity contribution in [2.75, 3.05) is 17.2 Å². The van der Waals surface area contributed by atoms with Crippen LogP contribution in [0.5, 0.6) is 0 Å². The van der Waals surface area contributed by atoms with Gasteiger partial charge in [-0.05, 0) is 19.8 Å². The zero-order valence-corrected chi connectivity index (χ0v) is 13.3. The number of anilines is 2. The summed E-state index contributed by atoms with van der Waals surface area (Å²) in [7, 11) is 1.95. The molecule has 2 aromatic heterocycles. The third-order valence-corrected chi connectivity index (χ3v) is 3.42. The molecule has 21 heavy (non-hydrogen) atoms. The number of nitrogens with zero attached hydrogens (tertiary/aromatic N) is 4. The maximum atomic E-state index is 4.46. The van der Waals surface area contributed by atoms with Gasteiger partial charge in [-0.2, -0.15) is 5.10 Å². The highest BCUT2D eigenvalue weighted by atomic mass is 15.3. The minimum absolute atomic E-state index is 0.729. The first kappa shape index (κ1) is 15.3. The molecular formula is C15H24N6. The quantitative estimate of drug-likeness (QED) is 0.818. The van der Waals surface area contributed by atoms with Crippen molar-refractivity contribution in [3.8, 4) is 0 Å². The normalized spacial score (nSPS) is 10.7. The fourth-order valence-corrected chi connectivity index (χ4v) is 2.43. The Labute approximate surface area is 126 Å². The van der Waals surface area contributed by atoms with Crippen molar-refractivity contribution in [1.29, 1.82) is 0 Å². The van der Waals surface area contributed by atoms with Crippen LogP contribution in [0, 0.1) is 0 Å². The van der Waals surface area contributed by atoms with Crippen molar-refractivity contribution >= 4 is 11.6 Å². The van der Waals surface area contributed by atoms with Gasteiger partial charge in [-0.15, -0.1) is 0 Å². The molecular weight excluding hydrogens is 264 g/mol. The lowest BCUT2D eigenvalue weighted by atomic mass is 10.2. The summed E-state index contributed by atoms with van der Waals surface area (Å²) in [6.07, 6.45) is 5.48. The molecule has 0 saturated heterocycles. The Hall–Kier alpha value is -2.11. The van der Waals surface area contributed by atoms with E-state index in [1.807, 2.05) is 11.7 Å². The van der Waals surface area contributed by atoms with Crippen molar-refractivity contribution < 1.29 is 0 Å². The number of rotatable bonds is 7. The molecule has 6 heteroatoms. The highest BCUT2D eigenvalue weighted by Crippen LogP contribution is 2.21. The molecule has 0 bridgehead atoms. The summed E-state index contributed by atoms with van der Waals surface area (Å²) < 4.78 is 1.86. The Bertz CT molecular complexity index is 590. The third kappa shape index (κ3) is 3.51. The zero-order valence-electron chi connectivity index (χ0n) is 13.3. The average Bonchev–Trinajstić information content (AvgIpc) is 2.85. The van der Waals surface area contributed by atoms with E-state index in [0.717, 1.165) is 48.8 Å². The van der Waals surface area contributed by atoms with Gasteiger partial charge in [0.05, 0.1) is 5.69 Å². The van der Waals surface area contributed by atoms with Gasteiger partial charge < -0.3 is 10.6 Å². The smallest absolute Gasteiger partial charge is 0.134 e. The number of aryl methyl sites for hydroxylation is 2. The number of hydrogen-bond acceptors (Lipinski definition) is 5. The molecule has 0 aromatic carbocycles.